The van der Waals surface area contributed by atoms with Gasteiger partial charge in [0.1, 0.15) is 5.69 Å². The number of carbonyl (C=O) groups is 2. The largest absolute Gasteiger partial charge is 0.465 e. The second-order valence-electron chi connectivity index (χ2n) is 6.00. The number of hydrogen-bond donors (Lipinski definition) is 1. The number of thiazole rings is 1. The fourth-order valence-electron chi connectivity index (χ4n) is 2.48. The highest BCUT2D eigenvalue weighted by Gasteiger charge is 2.33. The number of ether oxygens (including phenoxy) is 1. The number of nitrogens with zero attached hydrogens (tertiary/aromatic N) is 2. The van der Waals surface area contributed by atoms with E-state index >= 15 is 0 Å². The van der Waals surface area contributed by atoms with E-state index < -0.39 is 23.6 Å². The highest BCUT2D eigenvalue weighted by Crippen LogP contribution is 2.35. The van der Waals surface area contributed by atoms with Crippen molar-refractivity contribution in [2.24, 2.45) is 0 Å². The smallest absolute Gasteiger partial charge is 0.417 e. The number of halogens is 4. The highest BCUT2D eigenvalue weighted by atomic mass is 35.5. The molecule has 30 heavy (non-hydrogen) atoms. The normalized spacial score (nSPS) is 11.2. The number of benzene rings is 1. The van der Waals surface area contributed by atoms with Crippen LogP contribution in [0.25, 0.3) is 0 Å². The molecule has 156 valence electrons. The van der Waals surface area contributed by atoms with Gasteiger partial charge >= 0.3 is 12.1 Å². The summed E-state index contributed by atoms with van der Waals surface area (Å²) in [5.41, 5.74) is -0.229. The zero-order valence-corrected chi connectivity index (χ0v) is 16.9. The summed E-state index contributed by atoms with van der Waals surface area (Å²) in [5, 5.41) is 2.46. The van der Waals surface area contributed by atoms with E-state index in [9.17, 15) is 22.8 Å². The van der Waals surface area contributed by atoms with Gasteiger partial charge in [0, 0.05) is 23.7 Å². The van der Waals surface area contributed by atoms with Crippen LogP contribution in [0.5, 0.6) is 0 Å². The van der Waals surface area contributed by atoms with Crippen LogP contribution in [0.2, 0.25) is 5.02 Å². The average molecular weight is 456 g/mol. The first kappa shape index (κ1) is 21.7. The molecule has 0 bridgehead atoms. The van der Waals surface area contributed by atoms with Gasteiger partial charge in [-0.1, -0.05) is 17.7 Å². The van der Waals surface area contributed by atoms with Gasteiger partial charge in [-0.2, -0.15) is 13.2 Å². The van der Waals surface area contributed by atoms with E-state index in [-0.39, 0.29) is 27.8 Å². The van der Waals surface area contributed by atoms with Crippen molar-refractivity contribution in [1.29, 1.82) is 0 Å². The van der Waals surface area contributed by atoms with Gasteiger partial charge in [-0.05, 0) is 29.8 Å². The Kier molecular flexibility index (Phi) is 6.37. The standard InChI is InChI=1S/C19H13ClF3N3O3S/c1-29-17(28)11-3-5-15(24-8-11)16(27)26-18-25-9-12(30-18)6-10-2-4-14(20)13(7-10)19(21,22)23/h2-5,7-9H,6H2,1H3,(H,25,26,27). The van der Waals surface area contributed by atoms with Crippen molar-refractivity contribution in [3.63, 3.8) is 0 Å². The number of hydrogen-bond acceptors (Lipinski definition) is 6. The third-order valence-electron chi connectivity index (χ3n) is 3.91. The molecule has 0 spiro atoms. The summed E-state index contributed by atoms with van der Waals surface area (Å²) >= 11 is 6.75. The molecule has 1 amide bonds. The summed E-state index contributed by atoms with van der Waals surface area (Å²) in [6.07, 6.45) is -1.67. The summed E-state index contributed by atoms with van der Waals surface area (Å²) in [6, 6.07) is 6.46. The predicted octanol–water partition coefficient (Wildman–Crippen LogP) is 4.84. The molecule has 0 aliphatic carbocycles. The van der Waals surface area contributed by atoms with E-state index in [1.165, 1.54) is 43.8 Å². The van der Waals surface area contributed by atoms with Gasteiger partial charge < -0.3 is 4.74 Å². The lowest BCUT2D eigenvalue weighted by atomic mass is 10.1. The van der Waals surface area contributed by atoms with E-state index in [1.807, 2.05) is 0 Å². The zero-order valence-electron chi connectivity index (χ0n) is 15.3. The Morgan fingerprint density at radius 1 is 1.17 bits per heavy atom. The minimum Gasteiger partial charge on any atom is -0.465 e. The summed E-state index contributed by atoms with van der Waals surface area (Å²) < 4.78 is 43.5. The lowest BCUT2D eigenvalue weighted by Crippen LogP contribution is -2.14. The van der Waals surface area contributed by atoms with Gasteiger partial charge in [0.15, 0.2) is 5.13 Å². The monoisotopic (exact) mass is 455 g/mol. The molecule has 0 saturated heterocycles. The Balaban J connectivity index is 1.68. The lowest BCUT2D eigenvalue weighted by molar-refractivity contribution is -0.137. The highest BCUT2D eigenvalue weighted by molar-refractivity contribution is 7.15. The number of esters is 1. The van der Waals surface area contributed by atoms with E-state index in [0.717, 1.165) is 17.4 Å². The molecule has 0 aliphatic heterocycles. The minimum atomic E-state index is -4.55. The molecule has 0 aliphatic rings. The Bertz CT molecular complexity index is 1080. The number of methoxy groups -OCH3 is 1. The maximum Gasteiger partial charge on any atom is 0.417 e. The second kappa shape index (κ2) is 8.80. The molecule has 0 atom stereocenters. The van der Waals surface area contributed by atoms with Crippen molar-refractivity contribution in [3.8, 4) is 0 Å². The van der Waals surface area contributed by atoms with E-state index in [1.54, 1.807) is 0 Å². The molecule has 3 aromatic rings. The van der Waals surface area contributed by atoms with Crippen LogP contribution in [0.4, 0.5) is 18.3 Å². The summed E-state index contributed by atoms with van der Waals surface area (Å²) in [4.78, 5) is 32.3. The van der Waals surface area contributed by atoms with Gasteiger partial charge in [0.05, 0.1) is 23.3 Å². The van der Waals surface area contributed by atoms with Crippen molar-refractivity contribution in [3.05, 3.63) is 75.0 Å². The Labute approximate surface area is 177 Å². The molecule has 1 aromatic carbocycles. The number of nitrogens with one attached hydrogen (secondary N) is 1. The topological polar surface area (TPSA) is 81.2 Å². The van der Waals surface area contributed by atoms with Crippen LogP contribution in [-0.4, -0.2) is 29.0 Å². The molecule has 2 aromatic heterocycles. The molecule has 0 fully saturated rings. The second-order valence-corrected chi connectivity index (χ2v) is 7.52. The Hall–Kier alpha value is -2.98. The average Bonchev–Trinajstić information content (AvgIpc) is 3.14. The molecule has 1 N–H and O–H groups in total. The first-order valence-corrected chi connectivity index (χ1v) is 9.53. The third-order valence-corrected chi connectivity index (χ3v) is 5.15. The number of rotatable bonds is 5. The quantitative estimate of drug-likeness (QED) is 0.557. The SMILES string of the molecule is COC(=O)c1ccc(C(=O)Nc2ncc(Cc3ccc(Cl)c(C(F)(F)F)c3)s2)nc1. The number of amides is 1. The van der Waals surface area contributed by atoms with Crippen molar-refractivity contribution in [2.45, 2.75) is 12.6 Å². The molecule has 0 radical (unpaired) electrons. The molecular formula is C19H13ClF3N3O3S. The minimum absolute atomic E-state index is 0.0620. The van der Waals surface area contributed by atoms with Gasteiger partial charge in [-0.25, -0.2) is 9.78 Å². The van der Waals surface area contributed by atoms with Gasteiger partial charge in [-0.3, -0.25) is 15.1 Å². The van der Waals surface area contributed by atoms with Crippen LogP contribution in [0, 0.1) is 0 Å². The van der Waals surface area contributed by atoms with Crippen molar-refractivity contribution < 1.29 is 27.5 Å². The summed E-state index contributed by atoms with van der Waals surface area (Å²) in [7, 11) is 1.23. The number of pyridine rings is 1. The van der Waals surface area contributed by atoms with Gasteiger partial charge in [0.25, 0.3) is 5.91 Å². The van der Waals surface area contributed by atoms with E-state index in [2.05, 4.69) is 20.0 Å². The fourth-order valence-corrected chi connectivity index (χ4v) is 3.54. The van der Waals surface area contributed by atoms with E-state index in [0.29, 0.717) is 10.4 Å². The molecule has 3 rings (SSSR count). The van der Waals surface area contributed by atoms with Gasteiger partial charge in [0.2, 0.25) is 0 Å². The fraction of sp³-hybridized carbons (Fsp3) is 0.158. The third kappa shape index (κ3) is 5.14. The van der Waals surface area contributed by atoms with Crippen LogP contribution >= 0.6 is 22.9 Å². The maximum absolute atomic E-state index is 13.0. The van der Waals surface area contributed by atoms with Crippen LogP contribution in [0.1, 0.15) is 36.9 Å². The molecule has 2 heterocycles. The lowest BCUT2D eigenvalue weighted by Gasteiger charge is -2.10. The van der Waals surface area contributed by atoms with E-state index in [4.69, 9.17) is 11.6 Å². The molecular weight excluding hydrogens is 443 g/mol. The van der Waals surface area contributed by atoms with Crippen LogP contribution < -0.4 is 5.32 Å². The number of anilines is 1. The molecule has 0 unspecified atom stereocenters. The van der Waals surface area contributed by atoms with Crippen LogP contribution in [0.3, 0.4) is 0 Å². The number of carbonyl (C=O) groups excluding carboxylic acids is 2. The molecule has 0 saturated carbocycles. The number of alkyl halides is 3. The molecule has 11 heteroatoms. The first-order valence-electron chi connectivity index (χ1n) is 8.33. The zero-order chi connectivity index (χ0) is 21.9. The van der Waals surface area contributed by atoms with Crippen LogP contribution in [-0.2, 0) is 17.3 Å². The Morgan fingerprint density at radius 2 is 1.93 bits per heavy atom. The first-order chi connectivity index (χ1) is 14.2. The summed E-state index contributed by atoms with van der Waals surface area (Å²) in [5.74, 6) is -1.12. The van der Waals surface area contributed by atoms with Crippen molar-refractivity contribution in [2.75, 3.05) is 12.4 Å². The number of aromatic nitrogens is 2. The van der Waals surface area contributed by atoms with Gasteiger partial charge in [-0.15, -0.1) is 11.3 Å². The predicted molar refractivity (Wildman–Crippen MR) is 105 cm³/mol. The summed E-state index contributed by atoms with van der Waals surface area (Å²) in [6.45, 7) is 0. The van der Waals surface area contributed by atoms with Crippen molar-refractivity contribution in [1.82, 2.24) is 9.97 Å². The molecule has 6 nitrogen and oxygen atoms in total. The van der Waals surface area contributed by atoms with Crippen molar-refractivity contribution >= 4 is 39.9 Å². The maximum atomic E-state index is 13.0. The van der Waals surface area contributed by atoms with Crippen LogP contribution in [0.15, 0.2) is 42.7 Å². The Morgan fingerprint density at radius 3 is 2.57 bits per heavy atom.